The minimum atomic E-state index is -0.372. The number of nitrogens with one attached hydrogen (secondary N) is 1. The standard InChI is InChI=1S/C18H21NO2/c1-21-18(20)17(19-16-8-4-5-9-16)15-11-10-13-6-2-3-7-14(13)12-15/h2-3,6-7,10-12,16-17,19H,4-5,8-9H2,1H3. The highest BCUT2D eigenvalue weighted by atomic mass is 16.5. The summed E-state index contributed by atoms with van der Waals surface area (Å²) in [7, 11) is 1.45. The second-order valence-electron chi connectivity index (χ2n) is 5.71. The van der Waals surface area contributed by atoms with Crippen molar-refractivity contribution in [1.82, 2.24) is 5.32 Å². The molecule has 0 heterocycles. The van der Waals surface area contributed by atoms with E-state index < -0.39 is 0 Å². The molecule has 3 rings (SSSR count). The van der Waals surface area contributed by atoms with Gasteiger partial charge >= 0.3 is 5.97 Å². The Kier molecular flexibility index (Phi) is 4.20. The first-order chi connectivity index (χ1) is 10.3. The zero-order chi connectivity index (χ0) is 14.7. The summed E-state index contributed by atoms with van der Waals surface area (Å²) in [5, 5.41) is 5.81. The molecule has 1 fully saturated rings. The van der Waals surface area contributed by atoms with Crippen molar-refractivity contribution in [3.63, 3.8) is 0 Å². The number of benzene rings is 2. The van der Waals surface area contributed by atoms with Gasteiger partial charge in [-0.1, -0.05) is 49.2 Å². The van der Waals surface area contributed by atoms with E-state index in [4.69, 9.17) is 4.74 Å². The lowest BCUT2D eigenvalue weighted by Gasteiger charge is -2.21. The van der Waals surface area contributed by atoms with Gasteiger partial charge in [-0.2, -0.15) is 0 Å². The Labute approximate surface area is 125 Å². The van der Waals surface area contributed by atoms with E-state index in [2.05, 4.69) is 29.6 Å². The Balaban J connectivity index is 1.90. The van der Waals surface area contributed by atoms with Crippen LogP contribution in [0.1, 0.15) is 37.3 Å². The number of hydrogen-bond donors (Lipinski definition) is 1. The van der Waals surface area contributed by atoms with E-state index in [0.717, 1.165) is 23.8 Å². The van der Waals surface area contributed by atoms with E-state index in [-0.39, 0.29) is 12.0 Å². The number of ether oxygens (including phenoxy) is 1. The Morgan fingerprint density at radius 3 is 2.57 bits per heavy atom. The summed E-state index contributed by atoms with van der Waals surface area (Å²) in [5.74, 6) is -0.211. The first-order valence-corrected chi connectivity index (χ1v) is 7.60. The smallest absolute Gasteiger partial charge is 0.327 e. The van der Waals surface area contributed by atoms with Gasteiger partial charge in [0.2, 0.25) is 0 Å². The molecule has 0 bridgehead atoms. The lowest BCUT2D eigenvalue weighted by Crippen LogP contribution is -2.36. The molecule has 0 aromatic heterocycles. The number of carbonyl (C=O) groups is 1. The highest BCUT2D eigenvalue weighted by Gasteiger charge is 2.26. The molecular weight excluding hydrogens is 262 g/mol. The van der Waals surface area contributed by atoms with Crippen molar-refractivity contribution in [3.05, 3.63) is 48.0 Å². The fourth-order valence-electron chi connectivity index (χ4n) is 3.13. The molecule has 3 nitrogen and oxygen atoms in total. The molecule has 0 spiro atoms. The molecule has 3 heteroatoms. The van der Waals surface area contributed by atoms with Crippen LogP contribution in [0.4, 0.5) is 0 Å². The summed E-state index contributed by atoms with van der Waals surface area (Å²) in [6.45, 7) is 0. The van der Waals surface area contributed by atoms with Crippen molar-refractivity contribution in [2.75, 3.05) is 7.11 Å². The number of hydrogen-bond acceptors (Lipinski definition) is 3. The molecule has 0 amide bonds. The van der Waals surface area contributed by atoms with Crippen LogP contribution in [0.5, 0.6) is 0 Å². The van der Waals surface area contributed by atoms with Gasteiger partial charge in [-0.3, -0.25) is 5.32 Å². The van der Waals surface area contributed by atoms with Gasteiger partial charge in [0.25, 0.3) is 0 Å². The molecule has 1 aliphatic rings. The van der Waals surface area contributed by atoms with Crippen molar-refractivity contribution in [2.45, 2.75) is 37.8 Å². The molecule has 1 aliphatic carbocycles. The predicted octanol–water partition coefficient (Wildman–Crippen LogP) is 3.59. The van der Waals surface area contributed by atoms with Crippen LogP contribution in [0.15, 0.2) is 42.5 Å². The van der Waals surface area contributed by atoms with E-state index in [1.165, 1.54) is 25.3 Å². The lowest BCUT2D eigenvalue weighted by atomic mass is 10.0. The van der Waals surface area contributed by atoms with Gasteiger partial charge in [-0.25, -0.2) is 4.79 Å². The molecule has 2 aromatic rings. The largest absolute Gasteiger partial charge is 0.468 e. The van der Waals surface area contributed by atoms with E-state index in [1.807, 2.05) is 18.2 Å². The fourth-order valence-corrected chi connectivity index (χ4v) is 3.13. The molecule has 1 atom stereocenters. The highest BCUT2D eigenvalue weighted by molar-refractivity contribution is 5.85. The van der Waals surface area contributed by atoms with Crippen LogP contribution in [-0.2, 0) is 9.53 Å². The van der Waals surface area contributed by atoms with Gasteiger partial charge in [-0.05, 0) is 35.2 Å². The fraction of sp³-hybridized carbons (Fsp3) is 0.389. The normalized spacial score (nSPS) is 17.0. The zero-order valence-corrected chi connectivity index (χ0v) is 12.3. The number of methoxy groups -OCH3 is 1. The summed E-state index contributed by atoms with van der Waals surface area (Å²) in [5.41, 5.74) is 0.979. The van der Waals surface area contributed by atoms with Gasteiger partial charge < -0.3 is 4.74 Å². The van der Waals surface area contributed by atoms with Crippen LogP contribution in [0.3, 0.4) is 0 Å². The van der Waals surface area contributed by atoms with Crippen LogP contribution >= 0.6 is 0 Å². The maximum absolute atomic E-state index is 12.2. The Morgan fingerprint density at radius 2 is 1.86 bits per heavy atom. The van der Waals surface area contributed by atoms with E-state index in [0.29, 0.717) is 6.04 Å². The van der Waals surface area contributed by atoms with Crippen LogP contribution < -0.4 is 5.32 Å². The maximum atomic E-state index is 12.2. The molecule has 1 saturated carbocycles. The van der Waals surface area contributed by atoms with Gasteiger partial charge in [0.15, 0.2) is 0 Å². The average Bonchev–Trinajstić information content (AvgIpc) is 3.04. The number of rotatable bonds is 4. The van der Waals surface area contributed by atoms with Crippen LogP contribution in [0.2, 0.25) is 0 Å². The summed E-state index contributed by atoms with van der Waals surface area (Å²) in [4.78, 5) is 12.2. The third-order valence-corrected chi connectivity index (χ3v) is 4.30. The summed E-state index contributed by atoms with van der Waals surface area (Å²) in [6, 6.07) is 14.4. The zero-order valence-electron chi connectivity index (χ0n) is 12.3. The van der Waals surface area contributed by atoms with E-state index >= 15 is 0 Å². The third-order valence-electron chi connectivity index (χ3n) is 4.30. The van der Waals surface area contributed by atoms with Crippen LogP contribution in [0, 0.1) is 0 Å². The molecule has 110 valence electrons. The van der Waals surface area contributed by atoms with Crippen molar-refractivity contribution >= 4 is 16.7 Å². The molecule has 0 saturated heterocycles. The Morgan fingerprint density at radius 1 is 1.14 bits per heavy atom. The van der Waals surface area contributed by atoms with Crippen molar-refractivity contribution in [2.24, 2.45) is 0 Å². The molecular formula is C18H21NO2. The SMILES string of the molecule is COC(=O)C(NC1CCCC1)c1ccc2ccccc2c1. The van der Waals surface area contributed by atoms with E-state index in [9.17, 15) is 4.79 Å². The minimum absolute atomic E-state index is 0.211. The van der Waals surface area contributed by atoms with E-state index in [1.54, 1.807) is 0 Å². The van der Waals surface area contributed by atoms with Gasteiger partial charge in [0.1, 0.15) is 6.04 Å². The first-order valence-electron chi connectivity index (χ1n) is 7.60. The van der Waals surface area contributed by atoms with Crippen LogP contribution in [-0.4, -0.2) is 19.1 Å². The molecule has 1 N–H and O–H groups in total. The topological polar surface area (TPSA) is 38.3 Å². The van der Waals surface area contributed by atoms with Gasteiger partial charge in [-0.15, -0.1) is 0 Å². The average molecular weight is 283 g/mol. The second-order valence-corrected chi connectivity index (χ2v) is 5.71. The molecule has 1 unspecified atom stereocenters. The van der Waals surface area contributed by atoms with Gasteiger partial charge in [0.05, 0.1) is 7.11 Å². The first kappa shape index (κ1) is 14.1. The molecule has 21 heavy (non-hydrogen) atoms. The van der Waals surface area contributed by atoms with Gasteiger partial charge in [0, 0.05) is 6.04 Å². The maximum Gasteiger partial charge on any atom is 0.327 e. The lowest BCUT2D eigenvalue weighted by molar-refractivity contribution is -0.143. The third kappa shape index (κ3) is 3.08. The Hall–Kier alpha value is -1.87. The number of carbonyl (C=O) groups excluding carboxylic acids is 1. The molecule has 0 radical (unpaired) electrons. The van der Waals surface area contributed by atoms with Crippen molar-refractivity contribution < 1.29 is 9.53 Å². The van der Waals surface area contributed by atoms with Crippen molar-refractivity contribution in [3.8, 4) is 0 Å². The highest BCUT2D eigenvalue weighted by Crippen LogP contribution is 2.25. The van der Waals surface area contributed by atoms with Crippen molar-refractivity contribution in [1.29, 1.82) is 0 Å². The second kappa shape index (κ2) is 6.27. The number of fused-ring (bicyclic) bond motifs is 1. The predicted molar refractivity (Wildman–Crippen MR) is 84.1 cm³/mol. The summed E-state index contributed by atoms with van der Waals surface area (Å²) >= 11 is 0. The molecule has 2 aromatic carbocycles. The summed E-state index contributed by atoms with van der Waals surface area (Å²) in [6.07, 6.45) is 4.76. The summed E-state index contributed by atoms with van der Waals surface area (Å²) < 4.78 is 4.99. The monoisotopic (exact) mass is 283 g/mol. The Bertz CT molecular complexity index is 632. The van der Waals surface area contributed by atoms with Crippen LogP contribution in [0.25, 0.3) is 10.8 Å². The molecule has 0 aliphatic heterocycles. The number of esters is 1. The quantitative estimate of drug-likeness (QED) is 0.872. The minimum Gasteiger partial charge on any atom is -0.468 e.